The van der Waals surface area contributed by atoms with Crippen LogP contribution in [0.25, 0.3) is 0 Å². The SMILES string of the molecule is CCNS(=O)(=O)CCNc1c(C)cccc1[N+](=O)[O-]. The van der Waals surface area contributed by atoms with Crippen molar-refractivity contribution in [2.24, 2.45) is 0 Å². The van der Waals surface area contributed by atoms with E-state index in [9.17, 15) is 18.5 Å². The van der Waals surface area contributed by atoms with Crippen LogP contribution in [0.4, 0.5) is 11.4 Å². The molecule has 0 unspecified atom stereocenters. The van der Waals surface area contributed by atoms with E-state index in [0.29, 0.717) is 17.8 Å². The van der Waals surface area contributed by atoms with Gasteiger partial charge in [0.05, 0.1) is 10.7 Å². The number of aryl methyl sites for hydroxylation is 1. The Bertz CT molecular complexity index is 557. The van der Waals surface area contributed by atoms with Crippen molar-refractivity contribution >= 4 is 21.4 Å². The number of sulfonamides is 1. The van der Waals surface area contributed by atoms with Crippen molar-refractivity contribution in [2.45, 2.75) is 13.8 Å². The average Bonchev–Trinajstić information content (AvgIpc) is 2.30. The number of rotatable bonds is 7. The van der Waals surface area contributed by atoms with Crippen LogP contribution in [0.2, 0.25) is 0 Å². The Morgan fingerprint density at radius 3 is 2.63 bits per heavy atom. The van der Waals surface area contributed by atoms with Crippen molar-refractivity contribution in [3.63, 3.8) is 0 Å². The maximum atomic E-state index is 11.4. The van der Waals surface area contributed by atoms with Gasteiger partial charge in [-0.1, -0.05) is 19.1 Å². The Kier molecular flexibility index (Phi) is 5.25. The fraction of sp³-hybridized carbons (Fsp3) is 0.455. The monoisotopic (exact) mass is 287 g/mol. The van der Waals surface area contributed by atoms with Gasteiger partial charge in [-0.25, -0.2) is 13.1 Å². The Hall–Kier alpha value is -1.67. The topological polar surface area (TPSA) is 101 Å². The van der Waals surface area contributed by atoms with Crippen LogP contribution in [0.1, 0.15) is 12.5 Å². The summed E-state index contributed by atoms with van der Waals surface area (Å²) in [4.78, 5) is 10.4. The Morgan fingerprint density at radius 1 is 1.37 bits per heavy atom. The summed E-state index contributed by atoms with van der Waals surface area (Å²) in [7, 11) is -3.33. The first kappa shape index (κ1) is 15.4. The summed E-state index contributed by atoms with van der Waals surface area (Å²) >= 11 is 0. The number of hydrogen-bond acceptors (Lipinski definition) is 5. The molecule has 19 heavy (non-hydrogen) atoms. The van der Waals surface area contributed by atoms with Crippen molar-refractivity contribution < 1.29 is 13.3 Å². The number of para-hydroxylation sites is 1. The number of benzene rings is 1. The van der Waals surface area contributed by atoms with Gasteiger partial charge < -0.3 is 5.32 Å². The molecule has 1 aromatic carbocycles. The smallest absolute Gasteiger partial charge is 0.292 e. The zero-order valence-corrected chi connectivity index (χ0v) is 11.7. The van der Waals surface area contributed by atoms with E-state index in [4.69, 9.17) is 0 Å². The maximum Gasteiger partial charge on any atom is 0.292 e. The summed E-state index contributed by atoms with van der Waals surface area (Å²) in [5.74, 6) is -0.133. The predicted molar refractivity (Wildman–Crippen MR) is 73.8 cm³/mol. The lowest BCUT2D eigenvalue weighted by molar-refractivity contribution is -0.384. The normalized spacial score (nSPS) is 11.3. The van der Waals surface area contributed by atoms with Crippen molar-refractivity contribution in [3.8, 4) is 0 Å². The average molecular weight is 287 g/mol. The van der Waals surface area contributed by atoms with Crippen LogP contribution in [-0.2, 0) is 10.0 Å². The minimum Gasteiger partial charge on any atom is -0.378 e. The van der Waals surface area contributed by atoms with E-state index in [1.54, 1.807) is 26.0 Å². The second-order valence-corrected chi connectivity index (χ2v) is 5.90. The third-order valence-electron chi connectivity index (χ3n) is 2.48. The standard InChI is InChI=1S/C11H17N3O4S/c1-3-13-19(17,18)8-7-12-11-9(2)5-4-6-10(11)14(15)16/h4-6,12-13H,3,7-8H2,1-2H3. The van der Waals surface area contributed by atoms with E-state index in [1.807, 2.05) is 0 Å². The van der Waals surface area contributed by atoms with E-state index >= 15 is 0 Å². The highest BCUT2D eigenvalue weighted by molar-refractivity contribution is 7.89. The van der Waals surface area contributed by atoms with Crippen LogP contribution in [0.5, 0.6) is 0 Å². The minimum atomic E-state index is -3.33. The summed E-state index contributed by atoms with van der Waals surface area (Å²) in [6.45, 7) is 3.86. The molecule has 1 aromatic rings. The molecule has 7 nitrogen and oxygen atoms in total. The Balaban J connectivity index is 2.76. The number of nitro groups is 1. The zero-order chi connectivity index (χ0) is 14.5. The van der Waals surface area contributed by atoms with Crippen LogP contribution in [0, 0.1) is 17.0 Å². The van der Waals surface area contributed by atoms with Gasteiger partial charge in [-0.3, -0.25) is 10.1 Å². The third kappa shape index (κ3) is 4.49. The van der Waals surface area contributed by atoms with Gasteiger partial charge in [0.15, 0.2) is 0 Å². The molecule has 0 aliphatic carbocycles. The van der Waals surface area contributed by atoms with Crippen LogP contribution in [0.15, 0.2) is 18.2 Å². The molecular formula is C11H17N3O4S. The van der Waals surface area contributed by atoms with Gasteiger partial charge in [-0.2, -0.15) is 0 Å². The first-order valence-electron chi connectivity index (χ1n) is 5.82. The molecule has 0 aromatic heterocycles. The molecule has 1 rings (SSSR count). The number of hydrogen-bond donors (Lipinski definition) is 2. The molecule has 0 heterocycles. The molecule has 0 bridgehead atoms. The van der Waals surface area contributed by atoms with Gasteiger partial charge in [-0.15, -0.1) is 0 Å². The van der Waals surface area contributed by atoms with Gasteiger partial charge in [0.1, 0.15) is 5.69 Å². The lowest BCUT2D eigenvalue weighted by atomic mass is 10.1. The molecule has 0 aliphatic rings. The second-order valence-electron chi connectivity index (χ2n) is 3.97. The summed E-state index contributed by atoms with van der Waals surface area (Å²) in [5, 5.41) is 13.7. The van der Waals surface area contributed by atoms with Crippen molar-refractivity contribution in [1.29, 1.82) is 0 Å². The molecule has 0 atom stereocenters. The molecule has 0 radical (unpaired) electrons. The molecule has 0 saturated carbocycles. The highest BCUT2D eigenvalue weighted by atomic mass is 32.2. The van der Waals surface area contributed by atoms with Crippen molar-refractivity contribution in [2.75, 3.05) is 24.2 Å². The van der Waals surface area contributed by atoms with E-state index < -0.39 is 14.9 Å². The van der Waals surface area contributed by atoms with Crippen molar-refractivity contribution in [3.05, 3.63) is 33.9 Å². The lowest BCUT2D eigenvalue weighted by Crippen LogP contribution is -2.29. The predicted octanol–water partition coefficient (Wildman–Crippen LogP) is 1.25. The molecule has 2 N–H and O–H groups in total. The fourth-order valence-corrected chi connectivity index (χ4v) is 2.59. The van der Waals surface area contributed by atoms with Gasteiger partial charge in [-0.05, 0) is 12.5 Å². The Morgan fingerprint density at radius 2 is 2.05 bits per heavy atom. The largest absolute Gasteiger partial charge is 0.378 e. The molecule has 8 heteroatoms. The second kappa shape index (κ2) is 6.48. The molecule has 0 fully saturated rings. The highest BCUT2D eigenvalue weighted by Crippen LogP contribution is 2.27. The Labute approximate surface area is 112 Å². The molecule has 0 aliphatic heterocycles. The first-order valence-corrected chi connectivity index (χ1v) is 7.48. The number of nitrogens with zero attached hydrogens (tertiary/aromatic N) is 1. The fourth-order valence-electron chi connectivity index (χ4n) is 1.64. The van der Waals surface area contributed by atoms with E-state index in [2.05, 4.69) is 10.0 Å². The zero-order valence-electron chi connectivity index (χ0n) is 10.8. The van der Waals surface area contributed by atoms with Crippen LogP contribution >= 0.6 is 0 Å². The molecular weight excluding hydrogens is 270 g/mol. The summed E-state index contributed by atoms with van der Waals surface area (Å²) in [6, 6.07) is 4.70. The molecule has 0 saturated heterocycles. The van der Waals surface area contributed by atoms with E-state index in [-0.39, 0.29) is 18.0 Å². The quantitative estimate of drug-likeness (QED) is 0.580. The van der Waals surface area contributed by atoms with Crippen LogP contribution in [-0.4, -0.2) is 32.2 Å². The van der Waals surface area contributed by atoms with Gasteiger partial charge in [0.25, 0.3) is 5.69 Å². The van der Waals surface area contributed by atoms with Gasteiger partial charge in [0, 0.05) is 19.2 Å². The van der Waals surface area contributed by atoms with Gasteiger partial charge in [0.2, 0.25) is 10.0 Å². The van der Waals surface area contributed by atoms with E-state index in [0.717, 1.165) is 0 Å². The third-order valence-corrected chi connectivity index (χ3v) is 3.95. The van der Waals surface area contributed by atoms with Gasteiger partial charge >= 0.3 is 0 Å². The first-order chi connectivity index (χ1) is 8.87. The number of anilines is 1. The number of nitrogens with one attached hydrogen (secondary N) is 2. The number of nitro benzene ring substituents is 1. The van der Waals surface area contributed by atoms with Crippen molar-refractivity contribution in [1.82, 2.24) is 4.72 Å². The highest BCUT2D eigenvalue weighted by Gasteiger charge is 2.16. The maximum absolute atomic E-state index is 11.4. The summed E-state index contributed by atoms with van der Waals surface area (Å²) in [6.07, 6.45) is 0. The molecule has 0 spiro atoms. The lowest BCUT2D eigenvalue weighted by Gasteiger charge is -2.10. The van der Waals surface area contributed by atoms with Crippen LogP contribution < -0.4 is 10.0 Å². The summed E-state index contributed by atoms with van der Waals surface area (Å²) < 4.78 is 25.2. The molecule has 0 amide bonds. The van der Waals surface area contributed by atoms with E-state index in [1.165, 1.54) is 6.07 Å². The molecule has 106 valence electrons. The summed E-state index contributed by atoms with van der Waals surface area (Å²) in [5.41, 5.74) is 1.01. The minimum absolute atomic E-state index is 0.0548. The van der Waals surface area contributed by atoms with Crippen LogP contribution in [0.3, 0.4) is 0 Å².